The average Bonchev–Trinajstić information content (AvgIpc) is 2.16. The lowest BCUT2D eigenvalue weighted by molar-refractivity contribution is -0.147. The van der Waals surface area contributed by atoms with Gasteiger partial charge in [0, 0.05) is 5.92 Å². The zero-order chi connectivity index (χ0) is 12.7. The van der Waals surface area contributed by atoms with Crippen LogP contribution in [0.15, 0.2) is 0 Å². The van der Waals surface area contributed by atoms with Crippen LogP contribution in [0.3, 0.4) is 0 Å². The second-order valence-electron chi connectivity index (χ2n) is 3.48. The number of aliphatic carboxylic acids is 2. The second kappa shape index (κ2) is 6.78. The summed E-state index contributed by atoms with van der Waals surface area (Å²) in [7, 11) is 0. The van der Waals surface area contributed by atoms with Crippen LogP contribution in [0.2, 0.25) is 0 Å². The molecule has 16 heavy (non-hydrogen) atoms. The first-order valence-electron chi connectivity index (χ1n) is 4.83. The van der Waals surface area contributed by atoms with E-state index in [0.717, 1.165) is 0 Å². The van der Waals surface area contributed by atoms with Gasteiger partial charge in [-0.1, -0.05) is 6.92 Å². The lowest BCUT2D eigenvalue weighted by Gasteiger charge is -2.15. The molecule has 0 spiro atoms. The van der Waals surface area contributed by atoms with Crippen molar-refractivity contribution in [1.29, 1.82) is 0 Å². The minimum Gasteiger partial charge on any atom is -0.481 e. The number of carboxylic acid groups (broad SMARTS) is 2. The number of carboxylic acids is 2. The van der Waals surface area contributed by atoms with E-state index in [1.165, 1.54) is 0 Å². The van der Waals surface area contributed by atoms with Gasteiger partial charge in [0.25, 0.3) is 0 Å². The van der Waals surface area contributed by atoms with E-state index in [2.05, 4.69) is 5.32 Å². The Kier molecular flexibility index (Phi) is 6.09. The first kappa shape index (κ1) is 14.4. The summed E-state index contributed by atoms with van der Waals surface area (Å²) in [5.41, 5.74) is 5.25. The van der Waals surface area contributed by atoms with Gasteiger partial charge in [-0.15, -0.1) is 0 Å². The third-order valence-corrected chi connectivity index (χ3v) is 2.04. The lowest BCUT2D eigenvalue weighted by atomic mass is 10.1. The number of hydrogen-bond donors (Lipinski definition) is 4. The Bertz CT molecular complexity index is 279. The number of rotatable bonds is 7. The van der Waals surface area contributed by atoms with Crippen molar-refractivity contribution in [2.45, 2.75) is 25.8 Å². The van der Waals surface area contributed by atoms with Crippen LogP contribution in [0.4, 0.5) is 0 Å². The van der Waals surface area contributed by atoms with Crippen LogP contribution in [0.1, 0.15) is 19.8 Å². The van der Waals surface area contributed by atoms with E-state index in [9.17, 15) is 14.4 Å². The molecule has 5 N–H and O–H groups in total. The molecule has 0 aromatic carbocycles. The Hall–Kier alpha value is -1.63. The van der Waals surface area contributed by atoms with E-state index in [1.807, 2.05) is 0 Å². The van der Waals surface area contributed by atoms with Crippen LogP contribution in [-0.4, -0.2) is 40.6 Å². The predicted molar refractivity (Wildman–Crippen MR) is 54.7 cm³/mol. The molecule has 1 amide bonds. The van der Waals surface area contributed by atoms with Crippen molar-refractivity contribution in [2.24, 2.45) is 11.7 Å². The van der Waals surface area contributed by atoms with E-state index in [1.54, 1.807) is 6.92 Å². The van der Waals surface area contributed by atoms with E-state index in [-0.39, 0.29) is 0 Å². The summed E-state index contributed by atoms with van der Waals surface area (Å²) in [5.74, 6) is -3.57. The van der Waals surface area contributed by atoms with Crippen molar-refractivity contribution >= 4 is 17.8 Å². The van der Waals surface area contributed by atoms with Gasteiger partial charge in [0.1, 0.15) is 6.04 Å². The number of amides is 1. The minimum atomic E-state index is -1.40. The molecule has 2 atom stereocenters. The van der Waals surface area contributed by atoms with Gasteiger partial charge in [-0.25, -0.2) is 4.79 Å². The Morgan fingerprint density at radius 2 is 1.88 bits per heavy atom. The summed E-state index contributed by atoms with van der Waals surface area (Å²) < 4.78 is 0. The van der Waals surface area contributed by atoms with E-state index in [4.69, 9.17) is 15.9 Å². The Balaban J connectivity index is 4.34. The van der Waals surface area contributed by atoms with Gasteiger partial charge in [0.05, 0.1) is 6.42 Å². The molecule has 0 radical (unpaired) electrons. The van der Waals surface area contributed by atoms with E-state index in [0.29, 0.717) is 13.0 Å². The molecule has 92 valence electrons. The van der Waals surface area contributed by atoms with Crippen molar-refractivity contribution in [1.82, 2.24) is 5.32 Å². The molecule has 0 aromatic rings. The Labute approximate surface area is 92.6 Å². The van der Waals surface area contributed by atoms with Crippen molar-refractivity contribution < 1.29 is 24.6 Å². The first-order chi connectivity index (χ1) is 7.38. The van der Waals surface area contributed by atoms with E-state index >= 15 is 0 Å². The highest BCUT2D eigenvalue weighted by Gasteiger charge is 2.24. The third kappa shape index (κ3) is 5.30. The van der Waals surface area contributed by atoms with Crippen LogP contribution in [0.25, 0.3) is 0 Å². The number of nitrogens with two attached hydrogens (primary N) is 1. The largest absolute Gasteiger partial charge is 0.481 e. The van der Waals surface area contributed by atoms with Crippen LogP contribution < -0.4 is 11.1 Å². The van der Waals surface area contributed by atoms with Crippen molar-refractivity contribution in [3.05, 3.63) is 0 Å². The molecule has 2 unspecified atom stereocenters. The smallest absolute Gasteiger partial charge is 0.326 e. The van der Waals surface area contributed by atoms with Crippen LogP contribution >= 0.6 is 0 Å². The Morgan fingerprint density at radius 3 is 2.25 bits per heavy atom. The van der Waals surface area contributed by atoms with Crippen molar-refractivity contribution in [2.75, 3.05) is 6.54 Å². The molecule has 0 saturated heterocycles. The lowest BCUT2D eigenvalue weighted by Crippen LogP contribution is -2.44. The predicted octanol–water partition coefficient (Wildman–Crippen LogP) is -0.985. The zero-order valence-electron chi connectivity index (χ0n) is 8.97. The maximum atomic E-state index is 11.4. The standard InChI is InChI=1S/C9H16N2O5/c1-5(2-3-10)8(14)11-6(9(15)16)4-7(12)13/h5-6H,2-4,10H2,1H3,(H,11,14)(H,12,13)(H,15,16). The fraction of sp³-hybridized carbons (Fsp3) is 0.667. The second-order valence-corrected chi connectivity index (χ2v) is 3.48. The fourth-order valence-electron chi connectivity index (χ4n) is 1.07. The zero-order valence-corrected chi connectivity index (χ0v) is 8.97. The summed E-state index contributed by atoms with van der Waals surface area (Å²) >= 11 is 0. The number of hydrogen-bond acceptors (Lipinski definition) is 4. The molecule has 0 fully saturated rings. The summed E-state index contributed by atoms with van der Waals surface area (Å²) in [4.78, 5) is 32.4. The molecule has 0 aliphatic heterocycles. The molecule has 0 aromatic heterocycles. The van der Waals surface area contributed by atoms with Gasteiger partial charge >= 0.3 is 11.9 Å². The maximum absolute atomic E-state index is 11.4. The maximum Gasteiger partial charge on any atom is 0.326 e. The van der Waals surface area contributed by atoms with Crippen molar-refractivity contribution in [3.63, 3.8) is 0 Å². The number of carbonyl (C=O) groups is 3. The molecule has 0 rings (SSSR count). The normalized spacial score (nSPS) is 13.9. The SMILES string of the molecule is CC(CCN)C(=O)NC(CC(=O)O)C(=O)O. The summed E-state index contributed by atoms with van der Waals surface area (Å²) in [6.45, 7) is 1.91. The highest BCUT2D eigenvalue weighted by molar-refractivity contribution is 5.87. The van der Waals surface area contributed by atoms with Gasteiger partial charge in [-0.05, 0) is 13.0 Å². The summed E-state index contributed by atoms with van der Waals surface area (Å²) in [6.07, 6.45) is -0.221. The van der Waals surface area contributed by atoms with Gasteiger partial charge in [-0.3, -0.25) is 9.59 Å². The van der Waals surface area contributed by atoms with Crippen LogP contribution in [0.5, 0.6) is 0 Å². The van der Waals surface area contributed by atoms with E-state index < -0.39 is 36.2 Å². The average molecular weight is 232 g/mol. The molecule has 0 heterocycles. The highest BCUT2D eigenvalue weighted by atomic mass is 16.4. The monoisotopic (exact) mass is 232 g/mol. The van der Waals surface area contributed by atoms with Crippen molar-refractivity contribution in [3.8, 4) is 0 Å². The molecule has 0 aliphatic rings. The molecule has 0 saturated carbocycles. The van der Waals surface area contributed by atoms with Gasteiger partial charge < -0.3 is 21.3 Å². The van der Waals surface area contributed by atoms with Gasteiger partial charge in [0.2, 0.25) is 5.91 Å². The van der Waals surface area contributed by atoms with Crippen LogP contribution in [0, 0.1) is 5.92 Å². The minimum absolute atomic E-state index is 0.311. The molecule has 7 heteroatoms. The topological polar surface area (TPSA) is 130 Å². The summed E-state index contributed by atoms with van der Waals surface area (Å²) in [6, 6.07) is -1.40. The molecular formula is C9H16N2O5. The highest BCUT2D eigenvalue weighted by Crippen LogP contribution is 2.02. The van der Waals surface area contributed by atoms with Crippen LogP contribution in [-0.2, 0) is 14.4 Å². The first-order valence-corrected chi connectivity index (χ1v) is 4.83. The number of nitrogens with one attached hydrogen (secondary N) is 1. The summed E-state index contributed by atoms with van der Waals surface area (Å²) in [5, 5.41) is 19.3. The Morgan fingerprint density at radius 1 is 1.31 bits per heavy atom. The number of carbonyl (C=O) groups excluding carboxylic acids is 1. The molecular weight excluding hydrogens is 216 g/mol. The van der Waals surface area contributed by atoms with Gasteiger partial charge in [0.15, 0.2) is 0 Å². The fourth-order valence-corrected chi connectivity index (χ4v) is 1.07. The third-order valence-electron chi connectivity index (χ3n) is 2.04. The quantitative estimate of drug-likeness (QED) is 0.446. The van der Waals surface area contributed by atoms with Gasteiger partial charge in [-0.2, -0.15) is 0 Å². The molecule has 0 bridgehead atoms. The molecule has 7 nitrogen and oxygen atoms in total. The molecule has 0 aliphatic carbocycles.